The molecule has 0 aromatic heterocycles. The Hall–Kier alpha value is -2.57. The Bertz CT molecular complexity index is 775. The number of nitrogens with zero attached hydrogens (tertiary/aromatic N) is 2. The smallest absolute Gasteiger partial charge is 0.306 e. The number of piperidine rings is 1. The van der Waals surface area contributed by atoms with Crippen LogP contribution in [0.25, 0.3) is 0 Å². The number of carbonyl (C=O) groups is 3. The Morgan fingerprint density at radius 2 is 1.66 bits per heavy atom. The van der Waals surface area contributed by atoms with Crippen molar-refractivity contribution in [3.8, 4) is 5.75 Å². The molecule has 1 aliphatic rings. The highest BCUT2D eigenvalue weighted by Gasteiger charge is 2.29. The van der Waals surface area contributed by atoms with Gasteiger partial charge in [-0.3, -0.25) is 14.4 Å². The van der Waals surface area contributed by atoms with Crippen molar-refractivity contribution in [1.29, 1.82) is 0 Å². The number of ether oxygens (including phenoxy) is 2. The summed E-state index contributed by atoms with van der Waals surface area (Å²) in [7, 11) is 1.71. The van der Waals surface area contributed by atoms with Crippen molar-refractivity contribution in [2.45, 2.75) is 84.4 Å². The number of hydrogen-bond donors (Lipinski definition) is 0. The standard InChI is InChI=1S/C25H38N2O5/c1-18-9-7-10-19(2)27(18)22(28)17-31-21-14-12-20(13-15-21)24(30)26(6)16-8-11-23(29)32-25(3,4)5/h12-15,18-19H,7-11,16-17H2,1-6H3. The van der Waals surface area contributed by atoms with Gasteiger partial charge in [0.1, 0.15) is 11.4 Å². The van der Waals surface area contributed by atoms with Gasteiger partial charge in [-0.2, -0.15) is 0 Å². The molecule has 1 aromatic carbocycles. The summed E-state index contributed by atoms with van der Waals surface area (Å²) in [4.78, 5) is 40.5. The highest BCUT2D eigenvalue weighted by Crippen LogP contribution is 2.23. The van der Waals surface area contributed by atoms with Gasteiger partial charge in [0.15, 0.2) is 6.61 Å². The minimum Gasteiger partial charge on any atom is -0.484 e. The molecule has 32 heavy (non-hydrogen) atoms. The largest absolute Gasteiger partial charge is 0.484 e. The Morgan fingerprint density at radius 3 is 2.22 bits per heavy atom. The number of hydrogen-bond acceptors (Lipinski definition) is 5. The van der Waals surface area contributed by atoms with Crippen LogP contribution in [0, 0.1) is 0 Å². The third kappa shape index (κ3) is 7.84. The van der Waals surface area contributed by atoms with E-state index in [2.05, 4.69) is 13.8 Å². The molecule has 0 radical (unpaired) electrons. The molecular weight excluding hydrogens is 408 g/mol. The molecule has 0 bridgehead atoms. The molecule has 178 valence electrons. The molecule has 0 N–H and O–H groups in total. The molecule has 7 heteroatoms. The van der Waals surface area contributed by atoms with Crippen LogP contribution in [0.5, 0.6) is 5.75 Å². The average Bonchev–Trinajstić information content (AvgIpc) is 2.70. The number of rotatable bonds is 8. The minimum absolute atomic E-state index is 0.00502. The fraction of sp³-hybridized carbons (Fsp3) is 0.640. The summed E-state index contributed by atoms with van der Waals surface area (Å²) in [5, 5.41) is 0. The van der Waals surface area contributed by atoms with E-state index in [1.54, 1.807) is 36.2 Å². The molecule has 0 spiro atoms. The normalized spacial score (nSPS) is 18.8. The van der Waals surface area contributed by atoms with Crippen LogP contribution < -0.4 is 4.74 Å². The first-order chi connectivity index (χ1) is 15.0. The lowest BCUT2D eigenvalue weighted by Crippen LogP contribution is -2.49. The monoisotopic (exact) mass is 446 g/mol. The molecule has 1 fully saturated rings. The third-order valence-corrected chi connectivity index (χ3v) is 5.59. The Balaban J connectivity index is 1.80. The van der Waals surface area contributed by atoms with Gasteiger partial charge in [-0.1, -0.05) is 0 Å². The Morgan fingerprint density at radius 1 is 1.06 bits per heavy atom. The van der Waals surface area contributed by atoms with Crippen molar-refractivity contribution in [2.24, 2.45) is 0 Å². The highest BCUT2D eigenvalue weighted by atomic mass is 16.6. The number of likely N-dealkylation sites (tertiary alicyclic amines) is 1. The first-order valence-corrected chi connectivity index (χ1v) is 11.5. The number of benzene rings is 1. The van der Waals surface area contributed by atoms with Crippen molar-refractivity contribution < 1.29 is 23.9 Å². The van der Waals surface area contributed by atoms with Crippen LogP contribution in [0.1, 0.15) is 77.1 Å². The van der Waals surface area contributed by atoms with E-state index in [0.717, 1.165) is 19.3 Å². The van der Waals surface area contributed by atoms with Gasteiger partial charge < -0.3 is 19.3 Å². The maximum atomic E-state index is 12.6. The van der Waals surface area contributed by atoms with Gasteiger partial charge in [0.05, 0.1) is 0 Å². The fourth-order valence-corrected chi connectivity index (χ4v) is 4.00. The van der Waals surface area contributed by atoms with E-state index >= 15 is 0 Å². The molecule has 1 heterocycles. The highest BCUT2D eigenvalue weighted by molar-refractivity contribution is 5.94. The summed E-state index contributed by atoms with van der Waals surface area (Å²) in [6, 6.07) is 7.27. The van der Waals surface area contributed by atoms with Gasteiger partial charge in [0.25, 0.3) is 11.8 Å². The zero-order valence-corrected chi connectivity index (χ0v) is 20.3. The third-order valence-electron chi connectivity index (χ3n) is 5.59. The van der Waals surface area contributed by atoms with Crippen LogP contribution in [0.3, 0.4) is 0 Å². The van der Waals surface area contributed by atoms with Crippen molar-refractivity contribution in [3.63, 3.8) is 0 Å². The van der Waals surface area contributed by atoms with Crippen LogP contribution in [-0.4, -0.2) is 65.5 Å². The number of esters is 1. The Labute approximate surface area is 192 Å². The predicted octanol–water partition coefficient (Wildman–Crippen LogP) is 4.05. The van der Waals surface area contributed by atoms with Gasteiger partial charge in [-0.25, -0.2) is 0 Å². The van der Waals surface area contributed by atoms with E-state index < -0.39 is 5.60 Å². The first kappa shape index (κ1) is 25.7. The maximum absolute atomic E-state index is 12.6. The van der Waals surface area contributed by atoms with Gasteiger partial charge in [0, 0.05) is 37.7 Å². The summed E-state index contributed by atoms with van der Waals surface area (Å²) >= 11 is 0. The molecule has 2 rings (SSSR count). The molecule has 1 aromatic rings. The summed E-state index contributed by atoms with van der Waals surface area (Å²) < 4.78 is 11.0. The summed E-state index contributed by atoms with van der Waals surface area (Å²) in [6.45, 7) is 10.1. The van der Waals surface area contributed by atoms with Crippen molar-refractivity contribution in [3.05, 3.63) is 29.8 Å². The SMILES string of the molecule is CC1CCCC(C)N1C(=O)COc1ccc(C(=O)N(C)CCCC(=O)OC(C)(C)C)cc1. The molecule has 1 saturated heterocycles. The van der Waals surface area contributed by atoms with Crippen LogP contribution >= 0.6 is 0 Å². The lowest BCUT2D eigenvalue weighted by molar-refractivity contribution is -0.155. The molecular formula is C25H38N2O5. The van der Waals surface area contributed by atoms with Crippen molar-refractivity contribution >= 4 is 17.8 Å². The fourth-order valence-electron chi connectivity index (χ4n) is 4.00. The van der Waals surface area contributed by atoms with Crippen LogP contribution in [0.4, 0.5) is 0 Å². The molecule has 0 aliphatic carbocycles. The van der Waals surface area contributed by atoms with Crippen LogP contribution in [0.2, 0.25) is 0 Å². The van der Waals surface area contributed by atoms with Gasteiger partial charge >= 0.3 is 5.97 Å². The van der Waals surface area contributed by atoms with Crippen molar-refractivity contribution in [1.82, 2.24) is 9.80 Å². The van der Waals surface area contributed by atoms with E-state index in [4.69, 9.17) is 9.47 Å². The molecule has 0 saturated carbocycles. The van der Waals surface area contributed by atoms with E-state index in [-0.39, 0.29) is 42.9 Å². The number of amides is 2. The predicted molar refractivity (Wildman–Crippen MR) is 124 cm³/mol. The lowest BCUT2D eigenvalue weighted by atomic mass is 9.97. The van der Waals surface area contributed by atoms with Gasteiger partial charge in [0.2, 0.25) is 0 Å². The topological polar surface area (TPSA) is 76.2 Å². The molecule has 7 nitrogen and oxygen atoms in total. The average molecular weight is 447 g/mol. The molecule has 2 unspecified atom stereocenters. The molecule has 2 amide bonds. The van der Waals surface area contributed by atoms with Crippen molar-refractivity contribution in [2.75, 3.05) is 20.2 Å². The zero-order valence-electron chi connectivity index (χ0n) is 20.3. The van der Waals surface area contributed by atoms with E-state index in [9.17, 15) is 14.4 Å². The minimum atomic E-state index is -0.502. The Kier molecular flexibility index (Phi) is 9.10. The second kappa shape index (κ2) is 11.3. The summed E-state index contributed by atoms with van der Waals surface area (Å²) in [5.74, 6) is 0.157. The van der Waals surface area contributed by atoms with Gasteiger partial charge in [-0.15, -0.1) is 0 Å². The maximum Gasteiger partial charge on any atom is 0.306 e. The van der Waals surface area contributed by atoms with Crippen LogP contribution in [0.15, 0.2) is 24.3 Å². The van der Waals surface area contributed by atoms with Gasteiger partial charge in [-0.05, 0) is 84.6 Å². The summed E-state index contributed by atoms with van der Waals surface area (Å²) in [5.41, 5.74) is 0.0269. The second-order valence-electron chi connectivity index (χ2n) is 9.66. The molecule has 1 aliphatic heterocycles. The quantitative estimate of drug-likeness (QED) is 0.563. The van der Waals surface area contributed by atoms with E-state index in [1.165, 1.54) is 0 Å². The lowest BCUT2D eigenvalue weighted by Gasteiger charge is -2.38. The number of carbonyl (C=O) groups excluding carboxylic acids is 3. The zero-order chi connectivity index (χ0) is 23.9. The first-order valence-electron chi connectivity index (χ1n) is 11.5. The van der Waals surface area contributed by atoms with Crippen LogP contribution in [-0.2, 0) is 14.3 Å². The van der Waals surface area contributed by atoms with E-state index in [1.807, 2.05) is 25.7 Å². The summed E-state index contributed by atoms with van der Waals surface area (Å²) in [6.07, 6.45) is 4.01. The van der Waals surface area contributed by atoms with E-state index in [0.29, 0.717) is 24.3 Å². The second-order valence-corrected chi connectivity index (χ2v) is 9.66. The molecule has 2 atom stereocenters.